The number of fused-ring (bicyclic) bond motifs is 1. The van der Waals surface area contributed by atoms with Gasteiger partial charge in [0.2, 0.25) is 0 Å². The minimum Gasteiger partial charge on any atom is -0.508 e. The van der Waals surface area contributed by atoms with Gasteiger partial charge in [-0.3, -0.25) is 4.79 Å². The zero-order chi connectivity index (χ0) is 10.5. The summed E-state index contributed by atoms with van der Waals surface area (Å²) >= 11 is 0. The molecule has 15 heavy (non-hydrogen) atoms. The number of hydrogen-bond donors (Lipinski definition) is 2. The van der Waals surface area contributed by atoms with Crippen molar-refractivity contribution in [3.8, 4) is 11.5 Å². The number of aromatic hydroxyl groups is 1. The Bertz CT molecular complexity index is 437. The van der Waals surface area contributed by atoms with E-state index >= 15 is 0 Å². The molecule has 0 aromatic heterocycles. The van der Waals surface area contributed by atoms with E-state index in [2.05, 4.69) is 5.32 Å². The Morgan fingerprint density at radius 3 is 2.87 bits per heavy atom. The molecule has 4 heteroatoms. The van der Waals surface area contributed by atoms with Gasteiger partial charge in [-0.15, -0.1) is 0 Å². The van der Waals surface area contributed by atoms with Crippen LogP contribution in [0.1, 0.15) is 19.3 Å². The van der Waals surface area contributed by atoms with Crippen molar-refractivity contribution in [2.75, 3.05) is 5.32 Å². The number of carbonyl (C=O) groups is 1. The third-order valence-corrected chi connectivity index (χ3v) is 3.09. The van der Waals surface area contributed by atoms with Crippen LogP contribution in [0.25, 0.3) is 0 Å². The van der Waals surface area contributed by atoms with Gasteiger partial charge in [-0.25, -0.2) is 0 Å². The third-order valence-electron chi connectivity index (χ3n) is 3.09. The van der Waals surface area contributed by atoms with E-state index in [0.717, 1.165) is 19.3 Å². The van der Waals surface area contributed by atoms with Gasteiger partial charge in [0.25, 0.3) is 5.91 Å². The number of hydrogen-bond acceptors (Lipinski definition) is 3. The fraction of sp³-hybridized carbons (Fsp3) is 0.364. The highest BCUT2D eigenvalue weighted by molar-refractivity contribution is 6.01. The maximum absolute atomic E-state index is 11.8. The molecule has 0 unspecified atom stereocenters. The van der Waals surface area contributed by atoms with Crippen LogP contribution in [0.4, 0.5) is 5.69 Å². The minimum atomic E-state index is -0.635. The van der Waals surface area contributed by atoms with E-state index in [0.29, 0.717) is 11.4 Å². The second kappa shape index (κ2) is 2.66. The molecule has 1 fully saturated rings. The Hall–Kier alpha value is -1.71. The molecule has 1 aromatic rings. The molecule has 2 N–H and O–H groups in total. The van der Waals surface area contributed by atoms with Crippen LogP contribution in [0.2, 0.25) is 0 Å². The molecule has 0 radical (unpaired) electrons. The Kier molecular flexibility index (Phi) is 1.52. The molecule has 1 aromatic carbocycles. The summed E-state index contributed by atoms with van der Waals surface area (Å²) in [6, 6.07) is 4.74. The van der Waals surface area contributed by atoms with Crippen molar-refractivity contribution in [1.29, 1.82) is 0 Å². The summed E-state index contributed by atoms with van der Waals surface area (Å²) in [5.41, 5.74) is -0.0817. The molecule has 0 bridgehead atoms. The lowest BCUT2D eigenvalue weighted by Gasteiger charge is -2.43. The smallest absolute Gasteiger partial charge is 0.268 e. The fourth-order valence-corrected chi connectivity index (χ4v) is 2.02. The predicted molar refractivity (Wildman–Crippen MR) is 53.9 cm³/mol. The molecule has 3 rings (SSSR count). The summed E-state index contributed by atoms with van der Waals surface area (Å²) in [7, 11) is 0. The predicted octanol–water partition coefficient (Wildman–Crippen LogP) is 1.65. The standard InChI is InChI=1S/C11H11NO3/c13-7-2-3-9-8(6-7)12-10(14)11(15-9)4-1-5-11/h2-3,6,13H,1,4-5H2,(H,12,14). The van der Waals surface area contributed by atoms with Gasteiger partial charge in [-0.05, 0) is 31.4 Å². The maximum Gasteiger partial charge on any atom is 0.268 e. The van der Waals surface area contributed by atoms with Gasteiger partial charge < -0.3 is 15.2 Å². The van der Waals surface area contributed by atoms with Gasteiger partial charge >= 0.3 is 0 Å². The summed E-state index contributed by atoms with van der Waals surface area (Å²) < 4.78 is 5.70. The highest BCUT2D eigenvalue weighted by Gasteiger charge is 2.49. The molecule has 1 aliphatic heterocycles. The van der Waals surface area contributed by atoms with Crippen LogP contribution < -0.4 is 10.1 Å². The van der Waals surface area contributed by atoms with Gasteiger partial charge in [-0.2, -0.15) is 0 Å². The Morgan fingerprint density at radius 2 is 2.20 bits per heavy atom. The van der Waals surface area contributed by atoms with Crippen LogP contribution >= 0.6 is 0 Å². The summed E-state index contributed by atoms with van der Waals surface area (Å²) in [6.45, 7) is 0. The molecule has 0 saturated heterocycles. The van der Waals surface area contributed by atoms with E-state index in [9.17, 15) is 9.90 Å². The van der Waals surface area contributed by atoms with E-state index in [1.165, 1.54) is 6.07 Å². The lowest BCUT2D eigenvalue weighted by Crippen LogP contribution is -2.55. The first-order valence-electron chi connectivity index (χ1n) is 5.03. The van der Waals surface area contributed by atoms with Crippen LogP contribution in [0.3, 0.4) is 0 Å². The number of benzene rings is 1. The molecule has 4 nitrogen and oxygen atoms in total. The number of carbonyl (C=O) groups excluding carboxylic acids is 1. The quantitative estimate of drug-likeness (QED) is 0.677. The summed E-state index contributed by atoms with van der Waals surface area (Å²) in [4.78, 5) is 11.8. The fourth-order valence-electron chi connectivity index (χ4n) is 2.02. The average molecular weight is 205 g/mol. The van der Waals surface area contributed by atoms with Crippen molar-refractivity contribution < 1.29 is 14.6 Å². The third kappa shape index (κ3) is 1.11. The van der Waals surface area contributed by atoms with E-state index in [1.54, 1.807) is 12.1 Å². The normalized spacial score (nSPS) is 21.2. The number of amides is 1. The molecular weight excluding hydrogens is 194 g/mol. The number of phenols is 1. The van der Waals surface area contributed by atoms with Crippen LogP contribution in [0.15, 0.2) is 18.2 Å². The summed E-state index contributed by atoms with van der Waals surface area (Å²) in [5, 5.41) is 12.0. The van der Waals surface area contributed by atoms with Crippen molar-refractivity contribution in [2.45, 2.75) is 24.9 Å². The van der Waals surface area contributed by atoms with Gasteiger partial charge in [-0.1, -0.05) is 0 Å². The highest BCUT2D eigenvalue weighted by atomic mass is 16.5. The minimum absolute atomic E-state index is 0.0909. The number of rotatable bonds is 0. The van der Waals surface area contributed by atoms with Crippen molar-refractivity contribution in [1.82, 2.24) is 0 Å². The molecule has 1 aliphatic carbocycles. The molecule has 1 amide bonds. The maximum atomic E-state index is 11.8. The molecule has 2 aliphatic rings. The number of ether oxygens (including phenoxy) is 1. The second-order valence-electron chi connectivity index (χ2n) is 4.08. The van der Waals surface area contributed by atoms with Crippen LogP contribution in [0.5, 0.6) is 11.5 Å². The van der Waals surface area contributed by atoms with E-state index in [1.807, 2.05) is 0 Å². The van der Waals surface area contributed by atoms with E-state index in [-0.39, 0.29) is 11.7 Å². The molecule has 1 heterocycles. The first-order chi connectivity index (χ1) is 7.20. The first-order valence-corrected chi connectivity index (χ1v) is 5.03. The Balaban J connectivity index is 2.02. The van der Waals surface area contributed by atoms with Gasteiger partial charge in [0.15, 0.2) is 5.60 Å². The molecule has 0 atom stereocenters. The van der Waals surface area contributed by atoms with Gasteiger partial charge in [0, 0.05) is 6.07 Å². The van der Waals surface area contributed by atoms with Crippen LogP contribution in [-0.4, -0.2) is 16.6 Å². The zero-order valence-electron chi connectivity index (χ0n) is 8.12. The van der Waals surface area contributed by atoms with Crippen LogP contribution in [-0.2, 0) is 4.79 Å². The average Bonchev–Trinajstić information content (AvgIpc) is 2.14. The lowest BCUT2D eigenvalue weighted by molar-refractivity contribution is -0.139. The van der Waals surface area contributed by atoms with E-state index in [4.69, 9.17) is 4.74 Å². The molecule has 1 spiro atoms. The topological polar surface area (TPSA) is 58.6 Å². The first kappa shape index (κ1) is 8.59. The van der Waals surface area contributed by atoms with Crippen molar-refractivity contribution in [3.63, 3.8) is 0 Å². The second-order valence-corrected chi connectivity index (χ2v) is 4.08. The monoisotopic (exact) mass is 205 g/mol. The molecule has 78 valence electrons. The van der Waals surface area contributed by atoms with E-state index < -0.39 is 5.60 Å². The molecule has 1 saturated carbocycles. The number of phenolic OH excluding ortho intramolecular Hbond substituents is 1. The number of anilines is 1. The van der Waals surface area contributed by atoms with Crippen molar-refractivity contribution in [3.05, 3.63) is 18.2 Å². The SMILES string of the molecule is O=C1Nc2cc(O)ccc2OC12CCC2. The molecular formula is C11H11NO3. The van der Waals surface area contributed by atoms with Crippen molar-refractivity contribution >= 4 is 11.6 Å². The zero-order valence-corrected chi connectivity index (χ0v) is 8.12. The largest absolute Gasteiger partial charge is 0.508 e. The van der Waals surface area contributed by atoms with Crippen molar-refractivity contribution in [2.24, 2.45) is 0 Å². The van der Waals surface area contributed by atoms with Gasteiger partial charge in [0.05, 0.1) is 5.69 Å². The summed E-state index contributed by atoms with van der Waals surface area (Å²) in [5.74, 6) is 0.682. The Morgan fingerprint density at radius 1 is 1.40 bits per heavy atom. The lowest BCUT2D eigenvalue weighted by atomic mass is 9.78. The van der Waals surface area contributed by atoms with Gasteiger partial charge in [0.1, 0.15) is 11.5 Å². The number of nitrogens with one attached hydrogen (secondary N) is 1. The van der Waals surface area contributed by atoms with Crippen LogP contribution in [0, 0.1) is 0 Å². The Labute approximate surface area is 86.9 Å². The summed E-state index contributed by atoms with van der Waals surface area (Å²) in [6.07, 6.45) is 2.58. The highest BCUT2D eigenvalue weighted by Crippen LogP contribution is 2.44.